The third-order valence-corrected chi connectivity index (χ3v) is 6.27. The Morgan fingerprint density at radius 1 is 1.06 bits per heavy atom. The number of nitrogens with one attached hydrogen (secondary N) is 2. The molecule has 1 fully saturated rings. The van der Waals surface area contributed by atoms with Crippen LogP contribution in [0.15, 0.2) is 66.7 Å². The fourth-order valence-corrected chi connectivity index (χ4v) is 4.40. The average molecular weight is 462 g/mol. The highest BCUT2D eigenvalue weighted by Crippen LogP contribution is 2.29. The van der Waals surface area contributed by atoms with Crippen molar-refractivity contribution in [3.63, 3.8) is 0 Å². The summed E-state index contributed by atoms with van der Waals surface area (Å²) in [5.41, 5.74) is 2.91. The second-order valence-corrected chi connectivity index (χ2v) is 9.89. The third-order valence-electron chi connectivity index (χ3n) is 6.27. The van der Waals surface area contributed by atoms with Gasteiger partial charge >= 0.3 is 6.03 Å². The molecule has 7 nitrogen and oxygen atoms in total. The minimum absolute atomic E-state index is 0.00515. The van der Waals surface area contributed by atoms with E-state index in [9.17, 15) is 4.79 Å². The zero-order valence-corrected chi connectivity index (χ0v) is 20.5. The Morgan fingerprint density at radius 3 is 2.38 bits per heavy atom. The number of methoxy groups -OCH3 is 1. The Hall–Kier alpha value is -3.16. The van der Waals surface area contributed by atoms with Crippen LogP contribution in [-0.2, 0) is 10.2 Å². The molecular weight excluding hydrogens is 426 g/mol. The predicted octanol–water partition coefficient (Wildman–Crippen LogP) is 4.41. The summed E-state index contributed by atoms with van der Waals surface area (Å²) in [5, 5.41) is 11.1. The lowest BCUT2D eigenvalue weighted by molar-refractivity contribution is 0.159. The molecule has 2 heterocycles. The summed E-state index contributed by atoms with van der Waals surface area (Å²) in [6.07, 6.45) is 0. The molecule has 2 N–H and O–H groups in total. The fourth-order valence-electron chi connectivity index (χ4n) is 4.40. The lowest BCUT2D eigenvalue weighted by atomic mass is 9.92. The van der Waals surface area contributed by atoms with Crippen LogP contribution < -0.4 is 10.6 Å². The number of benzene rings is 2. The fraction of sp³-hybridized carbons (Fsp3) is 0.407. The van der Waals surface area contributed by atoms with E-state index in [1.54, 1.807) is 11.8 Å². The molecule has 34 heavy (non-hydrogen) atoms. The van der Waals surface area contributed by atoms with E-state index in [1.165, 1.54) is 5.56 Å². The first kappa shape index (κ1) is 24.0. The van der Waals surface area contributed by atoms with Crippen molar-refractivity contribution in [2.45, 2.75) is 38.1 Å². The summed E-state index contributed by atoms with van der Waals surface area (Å²) < 4.78 is 7.07. The van der Waals surface area contributed by atoms with E-state index in [2.05, 4.69) is 60.6 Å². The minimum atomic E-state index is -0.225. The molecule has 0 aliphatic carbocycles. The van der Waals surface area contributed by atoms with Crippen LogP contribution >= 0.6 is 0 Å². The molecule has 0 spiro atoms. The largest absolute Gasteiger partial charge is 0.383 e. The summed E-state index contributed by atoms with van der Waals surface area (Å²) in [6, 6.07) is 22.0. The molecule has 2 aromatic carbocycles. The van der Waals surface area contributed by atoms with Crippen LogP contribution in [0.25, 0.3) is 5.69 Å². The maximum absolute atomic E-state index is 13.2. The number of nitrogens with zero attached hydrogens (tertiary/aromatic N) is 3. The molecule has 1 aromatic heterocycles. The minimum Gasteiger partial charge on any atom is -0.383 e. The Bertz CT molecular complexity index is 1080. The highest BCUT2D eigenvalue weighted by atomic mass is 16.5. The van der Waals surface area contributed by atoms with Crippen LogP contribution in [0, 0.1) is 0 Å². The van der Waals surface area contributed by atoms with Crippen molar-refractivity contribution in [3.8, 4) is 5.69 Å². The maximum Gasteiger partial charge on any atom is 0.320 e. The molecule has 180 valence electrons. The van der Waals surface area contributed by atoms with Gasteiger partial charge < -0.3 is 10.1 Å². The van der Waals surface area contributed by atoms with E-state index >= 15 is 0 Å². The van der Waals surface area contributed by atoms with E-state index in [0.717, 1.165) is 31.0 Å². The van der Waals surface area contributed by atoms with Crippen molar-refractivity contribution in [1.82, 2.24) is 20.0 Å². The monoisotopic (exact) mass is 461 g/mol. The molecule has 0 saturated carbocycles. The predicted molar refractivity (Wildman–Crippen MR) is 136 cm³/mol. The number of para-hydroxylation sites is 1. The number of likely N-dealkylation sites (tertiary alicyclic amines) is 1. The van der Waals surface area contributed by atoms with E-state index in [-0.39, 0.29) is 23.4 Å². The second kappa shape index (κ2) is 10.4. The molecule has 0 bridgehead atoms. The van der Waals surface area contributed by atoms with Gasteiger partial charge in [0, 0.05) is 44.1 Å². The summed E-state index contributed by atoms with van der Waals surface area (Å²) in [6.45, 7) is 9.53. The van der Waals surface area contributed by atoms with Gasteiger partial charge in [0.15, 0.2) is 0 Å². The van der Waals surface area contributed by atoms with E-state index in [1.807, 2.05) is 42.5 Å². The van der Waals surface area contributed by atoms with Gasteiger partial charge in [-0.15, -0.1) is 0 Å². The Kier molecular flexibility index (Phi) is 7.34. The molecule has 2 atom stereocenters. The molecular formula is C27H35N5O2. The van der Waals surface area contributed by atoms with Crippen molar-refractivity contribution in [3.05, 3.63) is 78.0 Å². The van der Waals surface area contributed by atoms with E-state index in [4.69, 9.17) is 9.84 Å². The van der Waals surface area contributed by atoms with Gasteiger partial charge in [-0.05, 0) is 17.7 Å². The third kappa shape index (κ3) is 5.66. The Morgan fingerprint density at radius 2 is 1.74 bits per heavy atom. The maximum atomic E-state index is 13.2. The highest BCUT2D eigenvalue weighted by Gasteiger charge is 2.34. The van der Waals surface area contributed by atoms with Crippen LogP contribution in [0.1, 0.15) is 37.9 Å². The van der Waals surface area contributed by atoms with E-state index < -0.39 is 0 Å². The summed E-state index contributed by atoms with van der Waals surface area (Å²) in [5.74, 6) is 0.868. The van der Waals surface area contributed by atoms with Gasteiger partial charge in [0.05, 0.1) is 24.0 Å². The van der Waals surface area contributed by atoms with Crippen LogP contribution in [-0.4, -0.2) is 60.1 Å². The number of urea groups is 1. The normalized spacial score (nSPS) is 18.7. The second-order valence-electron chi connectivity index (χ2n) is 9.89. The Balaban J connectivity index is 1.53. The van der Waals surface area contributed by atoms with Gasteiger partial charge in [-0.25, -0.2) is 9.48 Å². The number of hydrogen-bond donors (Lipinski definition) is 2. The topological polar surface area (TPSA) is 71.4 Å². The standard InChI is InChI=1S/C27H35N5O2/c1-27(2,3)24-17-25(32(30-24)21-13-9-6-10-14-21)29-26(33)28-23-19-31(15-16-34-4)18-22(23)20-11-7-5-8-12-20/h5-14,17,22-23H,15-16,18-19H2,1-4H3,(H2,28,29,33). The number of amides is 2. The lowest BCUT2D eigenvalue weighted by Crippen LogP contribution is -2.42. The molecule has 1 aliphatic heterocycles. The van der Waals surface area contributed by atoms with Crippen molar-refractivity contribution < 1.29 is 9.53 Å². The van der Waals surface area contributed by atoms with Gasteiger partial charge in [-0.2, -0.15) is 5.10 Å². The van der Waals surface area contributed by atoms with Gasteiger partial charge in [-0.1, -0.05) is 69.3 Å². The molecule has 7 heteroatoms. The first-order valence-electron chi connectivity index (χ1n) is 11.8. The quantitative estimate of drug-likeness (QED) is 0.547. The number of aromatic nitrogens is 2. The molecule has 3 aromatic rings. The van der Waals surface area contributed by atoms with Gasteiger partial charge in [-0.3, -0.25) is 10.2 Å². The van der Waals surface area contributed by atoms with Crippen molar-refractivity contribution in [1.29, 1.82) is 0 Å². The summed E-state index contributed by atoms with van der Waals surface area (Å²) in [4.78, 5) is 15.5. The molecule has 0 radical (unpaired) electrons. The first-order valence-corrected chi connectivity index (χ1v) is 11.8. The zero-order chi connectivity index (χ0) is 24.1. The summed E-state index contributed by atoms with van der Waals surface area (Å²) in [7, 11) is 1.72. The lowest BCUT2D eigenvalue weighted by Gasteiger charge is -2.20. The first-order chi connectivity index (χ1) is 16.3. The molecule has 2 amide bonds. The van der Waals surface area contributed by atoms with Crippen LogP contribution in [0.2, 0.25) is 0 Å². The van der Waals surface area contributed by atoms with Crippen LogP contribution in [0.5, 0.6) is 0 Å². The number of hydrogen-bond acceptors (Lipinski definition) is 4. The van der Waals surface area contributed by atoms with Crippen molar-refractivity contribution in [2.24, 2.45) is 0 Å². The molecule has 1 aliphatic rings. The number of carbonyl (C=O) groups excluding carboxylic acids is 1. The highest BCUT2D eigenvalue weighted by molar-refractivity contribution is 5.89. The van der Waals surface area contributed by atoms with Crippen LogP contribution in [0.4, 0.5) is 10.6 Å². The number of rotatable bonds is 7. The Labute approximate surface area is 202 Å². The van der Waals surface area contributed by atoms with Crippen molar-refractivity contribution in [2.75, 3.05) is 38.7 Å². The molecule has 4 rings (SSSR count). The van der Waals surface area contributed by atoms with Gasteiger partial charge in [0.1, 0.15) is 5.82 Å². The molecule has 1 saturated heterocycles. The number of ether oxygens (including phenoxy) is 1. The molecule has 2 unspecified atom stereocenters. The number of carbonyl (C=O) groups is 1. The van der Waals surface area contributed by atoms with Gasteiger partial charge in [0.25, 0.3) is 0 Å². The number of anilines is 1. The smallest absolute Gasteiger partial charge is 0.320 e. The summed E-state index contributed by atoms with van der Waals surface area (Å²) >= 11 is 0. The SMILES string of the molecule is COCCN1CC(NC(=O)Nc2cc(C(C)(C)C)nn2-c2ccccc2)C(c2ccccc2)C1. The van der Waals surface area contributed by atoms with Gasteiger partial charge in [0.2, 0.25) is 0 Å². The van der Waals surface area contributed by atoms with E-state index in [0.29, 0.717) is 12.4 Å². The van der Waals surface area contributed by atoms with Crippen molar-refractivity contribution >= 4 is 11.8 Å². The zero-order valence-electron chi connectivity index (χ0n) is 20.5. The average Bonchev–Trinajstić information content (AvgIpc) is 3.43. The van der Waals surface area contributed by atoms with Crippen LogP contribution in [0.3, 0.4) is 0 Å².